The maximum Gasteiger partial charge on any atom is 0.224 e. The average Bonchev–Trinajstić information content (AvgIpc) is 3.12. The van der Waals surface area contributed by atoms with Crippen LogP contribution in [-0.4, -0.2) is 51.4 Å². The van der Waals surface area contributed by atoms with Crippen LogP contribution in [-0.2, 0) is 17.9 Å². The van der Waals surface area contributed by atoms with E-state index in [0.29, 0.717) is 13.0 Å². The molecule has 1 aromatic carbocycles. The summed E-state index contributed by atoms with van der Waals surface area (Å²) in [6.45, 7) is 4.65. The van der Waals surface area contributed by atoms with Gasteiger partial charge >= 0.3 is 0 Å². The van der Waals surface area contributed by atoms with Crippen molar-refractivity contribution in [3.8, 4) is 0 Å². The molecular weight excluding hydrogens is 343 g/mol. The molecule has 1 amide bonds. The highest BCUT2D eigenvalue weighted by Crippen LogP contribution is 2.15. The van der Waals surface area contributed by atoms with E-state index in [2.05, 4.69) is 20.5 Å². The second-order valence-corrected chi connectivity index (χ2v) is 6.98. The van der Waals surface area contributed by atoms with E-state index in [9.17, 15) is 9.18 Å². The Morgan fingerprint density at radius 2 is 1.81 bits per heavy atom. The molecule has 5 nitrogen and oxygen atoms in total. The van der Waals surface area contributed by atoms with Crippen LogP contribution in [0.5, 0.6) is 0 Å². The Hall–Kier alpha value is -2.73. The quantitative estimate of drug-likeness (QED) is 0.697. The van der Waals surface area contributed by atoms with E-state index < -0.39 is 0 Å². The van der Waals surface area contributed by atoms with Crippen molar-refractivity contribution in [1.29, 1.82) is 0 Å². The van der Waals surface area contributed by atoms with Crippen molar-refractivity contribution in [3.63, 3.8) is 0 Å². The lowest BCUT2D eigenvalue weighted by Gasteiger charge is -2.34. The van der Waals surface area contributed by atoms with Gasteiger partial charge in [0.1, 0.15) is 5.82 Å². The lowest BCUT2D eigenvalue weighted by molar-refractivity contribution is -0.133. The number of carbonyl (C=O) groups is 1. The number of carbonyl (C=O) groups excluding carboxylic acids is 1. The van der Waals surface area contributed by atoms with Crippen molar-refractivity contribution in [3.05, 3.63) is 66.4 Å². The lowest BCUT2D eigenvalue weighted by Crippen LogP contribution is -2.48. The van der Waals surface area contributed by atoms with E-state index in [1.807, 2.05) is 35.5 Å². The van der Waals surface area contributed by atoms with Crippen LogP contribution < -0.4 is 0 Å². The van der Waals surface area contributed by atoms with E-state index >= 15 is 0 Å². The molecule has 140 valence electrons. The molecule has 0 aliphatic carbocycles. The number of halogens is 1. The van der Waals surface area contributed by atoms with E-state index in [1.165, 1.54) is 12.1 Å². The number of aromatic nitrogens is 2. The predicted octanol–water partition coefficient (Wildman–Crippen LogP) is 2.91. The summed E-state index contributed by atoms with van der Waals surface area (Å²) in [5.41, 5.74) is 2.17. The number of amides is 1. The zero-order valence-corrected chi connectivity index (χ0v) is 15.2. The first kappa shape index (κ1) is 17.7. The Balaban J connectivity index is 1.26. The smallest absolute Gasteiger partial charge is 0.224 e. The second kappa shape index (κ2) is 7.88. The van der Waals surface area contributed by atoms with Crippen LogP contribution in [0.15, 0.2) is 55.0 Å². The summed E-state index contributed by atoms with van der Waals surface area (Å²) >= 11 is 0. The summed E-state index contributed by atoms with van der Waals surface area (Å²) in [6.07, 6.45) is 6.13. The first-order valence-electron chi connectivity index (χ1n) is 9.32. The lowest BCUT2D eigenvalue weighted by atomic mass is 10.2. The monoisotopic (exact) mass is 366 g/mol. The Kier molecular flexibility index (Phi) is 5.16. The van der Waals surface area contributed by atoms with Crippen molar-refractivity contribution < 1.29 is 9.18 Å². The summed E-state index contributed by atoms with van der Waals surface area (Å²) in [4.78, 5) is 21.0. The minimum absolute atomic E-state index is 0.196. The van der Waals surface area contributed by atoms with Crippen molar-refractivity contribution in [1.82, 2.24) is 19.4 Å². The molecule has 1 aliphatic heterocycles. The fourth-order valence-corrected chi connectivity index (χ4v) is 3.60. The Bertz CT molecular complexity index is 913. The third-order valence-corrected chi connectivity index (χ3v) is 5.19. The van der Waals surface area contributed by atoms with Crippen LogP contribution in [0.25, 0.3) is 10.9 Å². The molecule has 1 saturated heterocycles. The van der Waals surface area contributed by atoms with Crippen LogP contribution in [0.3, 0.4) is 0 Å². The number of hydrogen-bond acceptors (Lipinski definition) is 3. The normalized spacial score (nSPS) is 15.4. The van der Waals surface area contributed by atoms with Gasteiger partial charge in [0.15, 0.2) is 0 Å². The largest absolute Gasteiger partial charge is 0.346 e. The zero-order chi connectivity index (χ0) is 18.6. The number of benzene rings is 1. The molecule has 0 spiro atoms. The molecule has 4 rings (SSSR count). The predicted molar refractivity (Wildman–Crippen MR) is 103 cm³/mol. The van der Waals surface area contributed by atoms with Crippen LogP contribution in [0, 0.1) is 5.82 Å². The molecule has 0 atom stereocenters. The standard InChI is InChI=1S/C21H23FN4O/c22-19-3-1-17(2-4-19)16-24-11-13-26(14-12-24)21(27)7-10-25-9-6-18-5-8-23-15-20(18)25/h1-6,8-9,15H,7,10-14,16H2. The first-order valence-corrected chi connectivity index (χ1v) is 9.32. The molecule has 6 heteroatoms. The molecule has 1 aliphatic rings. The van der Waals surface area contributed by atoms with Gasteiger partial charge in [-0.05, 0) is 29.8 Å². The summed E-state index contributed by atoms with van der Waals surface area (Å²) < 4.78 is 15.1. The van der Waals surface area contributed by atoms with Crippen LogP contribution in [0.1, 0.15) is 12.0 Å². The van der Waals surface area contributed by atoms with Crippen molar-refractivity contribution in [2.75, 3.05) is 26.2 Å². The van der Waals surface area contributed by atoms with Gasteiger partial charge in [0.25, 0.3) is 0 Å². The number of piperazine rings is 1. The molecule has 0 unspecified atom stereocenters. The molecular formula is C21H23FN4O. The maximum absolute atomic E-state index is 13.0. The van der Waals surface area contributed by atoms with Gasteiger partial charge in [-0.15, -0.1) is 0 Å². The fourth-order valence-electron chi connectivity index (χ4n) is 3.60. The Morgan fingerprint density at radius 1 is 1.04 bits per heavy atom. The molecule has 0 N–H and O–H groups in total. The van der Waals surface area contributed by atoms with Gasteiger partial charge < -0.3 is 9.47 Å². The highest BCUT2D eigenvalue weighted by Gasteiger charge is 2.21. The number of pyridine rings is 1. The SMILES string of the molecule is O=C(CCn1ccc2ccncc21)N1CCN(Cc2ccc(F)cc2)CC1. The second-order valence-electron chi connectivity index (χ2n) is 6.98. The molecule has 1 fully saturated rings. The molecule has 0 radical (unpaired) electrons. The summed E-state index contributed by atoms with van der Waals surface area (Å²) in [5, 5.41) is 1.15. The Labute approximate surface area is 158 Å². The van der Waals surface area contributed by atoms with Gasteiger partial charge in [-0.1, -0.05) is 12.1 Å². The average molecular weight is 366 g/mol. The van der Waals surface area contributed by atoms with Crippen molar-refractivity contribution in [2.45, 2.75) is 19.5 Å². The van der Waals surface area contributed by atoms with Gasteiger partial charge in [0.05, 0.1) is 11.7 Å². The van der Waals surface area contributed by atoms with E-state index in [0.717, 1.165) is 49.2 Å². The van der Waals surface area contributed by atoms with Gasteiger partial charge in [0.2, 0.25) is 5.91 Å². The van der Waals surface area contributed by atoms with Gasteiger partial charge in [-0.3, -0.25) is 14.7 Å². The van der Waals surface area contributed by atoms with E-state index in [1.54, 1.807) is 6.20 Å². The van der Waals surface area contributed by atoms with Gasteiger partial charge in [-0.2, -0.15) is 0 Å². The number of fused-ring (bicyclic) bond motifs is 1. The zero-order valence-electron chi connectivity index (χ0n) is 15.2. The molecule has 27 heavy (non-hydrogen) atoms. The third kappa shape index (κ3) is 4.17. The summed E-state index contributed by atoms with van der Waals surface area (Å²) in [7, 11) is 0. The molecule has 2 aromatic heterocycles. The molecule has 3 aromatic rings. The molecule has 0 saturated carbocycles. The fraction of sp³-hybridized carbons (Fsp3) is 0.333. The van der Waals surface area contributed by atoms with Crippen molar-refractivity contribution in [2.24, 2.45) is 0 Å². The van der Waals surface area contributed by atoms with E-state index in [4.69, 9.17) is 0 Å². The van der Waals surface area contributed by atoms with Gasteiger partial charge in [0, 0.05) is 63.5 Å². The Morgan fingerprint density at radius 3 is 2.59 bits per heavy atom. The highest BCUT2D eigenvalue weighted by molar-refractivity contribution is 5.79. The minimum atomic E-state index is -0.208. The number of aryl methyl sites for hydroxylation is 1. The number of hydrogen-bond donors (Lipinski definition) is 0. The number of nitrogens with zero attached hydrogens (tertiary/aromatic N) is 4. The third-order valence-electron chi connectivity index (χ3n) is 5.19. The van der Waals surface area contributed by atoms with Crippen LogP contribution in [0.2, 0.25) is 0 Å². The maximum atomic E-state index is 13.0. The molecule has 0 bridgehead atoms. The summed E-state index contributed by atoms with van der Waals surface area (Å²) in [6, 6.07) is 10.7. The van der Waals surface area contributed by atoms with Crippen molar-refractivity contribution >= 4 is 16.8 Å². The highest BCUT2D eigenvalue weighted by atomic mass is 19.1. The van der Waals surface area contributed by atoms with Crippen LogP contribution in [0.4, 0.5) is 4.39 Å². The first-order chi connectivity index (χ1) is 13.2. The van der Waals surface area contributed by atoms with Gasteiger partial charge in [-0.25, -0.2) is 4.39 Å². The summed E-state index contributed by atoms with van der Waals surface area (Å²) in [5.74, 6) is -0.0115. The molecule has 3 heterocycles. The van der Waals surface area contributed by atoms with E-state index in [-0.39, 0.29) is 11.7 Å². The number of rotatable bonds is 5. The minimum Gasteiger partial charge on any atom is -0.346 e. The topological polar surface area (TPSA) is 41.4 Å². The van der Waals surface area contributed by atoms with Crippen LogP contribution >= 0.6 is 0 Å².